The van der Waals surface area contributed by atoms with Gasteiger partial charge in [0.15, 0.2) is 0 Å². The highest BCUT2D eigenvalue weighted by Gasteiger charge is 2.39. The number of hydrogen-bond acceptors (Lipinski definition) is 5. The van der Waals surface area contributed by atoms with Crippen LogP contribution >= 0.6 is 11.3 Å². The molecule has 3 saturated heterocycles. The van der Waals surface area contributed by atoms with Crippen LogP contribution in [0.1, 0.15) is 39.3 Å². The van der Waals surface area contributed by atoms with E-state index in [9.17, 15) is 9.59 Å². The summed E-state index contributed by atoms with van der Waals surface area (Å²) in [6.45, 7) is 2.47. The lowest BCUT2D eigenvalue weighted by atomic mass is 9.95. The smallest absolute Gasteiger partial charge is 0.264 e. The highest BCUT2D eigenvalue weighted by molar-refractivity contribution is 7.20. The molecule has 7 heteroatoms. The van der Waals surface area contributed by atoms with E-state index in [1.54, 1.807) is 0 Å². The fraction of sp³-hybridized carbons (Fsp3) is 0.500. The SMILES string of the molecule is O=C(N[C@@H]1C[C@H]2CC[C@@H]1N2)c1ccc2sc(C(=O)N3CCOCC3)cc2c1. The van der Waals surface area contributed by atoms with Gasteiger partial charge in [-0.05, 0) is 48.9 Å². The average Bonchev–Trinajstić information content (AvgIpc) is 3.42. The van der Waals surface area contributed by atoms with Crippen LogP contribution in [0.3, 0.4) is 0 Å². The van der Waals surface area contributed by atoms with Crippen LogP contribution < -0.4 is 10.6 Å². The summed E-state index contributed by atoms with van der Waals surface area (Å²) in [5, 5.41) is 7.69. The second-order valence-electron chi connectivity index (χ2n) is 7.63. The Bertz CT molecular complexity index is 890. The summed E-state index contributed by atoms with van der Waals surface area (Å²) in [7, 11) is 0. The van der Waals surface area contributed by atoms with E-state index < -0.39 is 0 Å². The molecule has 3 fully saturated rings. The zero-order valence-electron chi connectivity index (χ0n) is 15.1. The molecule has 2 N–H and O–H groups in total. The molecule has 0 spiro atoms. The topological polar surface area (TPSA) is 70.7 Å². The lowest BCUT2D eigenvalue weighted by Crippen LogP contribution is -2.42. The quantitative estimate of drug-likeness (QED) is 0.848. The van der Waals surface area contributed by atoms with Crippen molar-refractivity contribution in [1.82, 2.24) is 15.5 Å². The van der Waals surface area contributed by atoms with E-state index in [2.05, 4.69) is 10.6 Å². The van der Waals surface area contributed by atoms with Gasteiger partial charge in [0.25, 0.3) is 11.8 Å². The number of ether oxygens (including phenoxy) is 1. The van der Waals surface area contributed by atoms with Crippen LogP contribution in [0.2, 0.25) is 0 Å². The molecule has 1 aromatic heterocycles. The zero-order valence-corrected chi connectivity index (χ0v) is 15.9. The van der Waals surface area contributed by atoms with Gasteiger partial charge in [-0.2, -0.15) is 0 Å². The van der Waals surface area contributed by atoms with Crippen LogP contribution in [0, 0.1) is 0 Å². The average molecular weight is 385 g/mol. The highest BCUT2D eigenvalue weighted by atomic mass is 32.1. The summed E-state index contributed by atoms with van der Waals surface area (Å²) < 4.78 is 6.35. The van der Waals surface area contributed by atoms with Crippen molar-refractivity contribution in [3.8, 4) is 0 Å². The molecule has 2 aromatic rings. The van der Waals surface area contributed by atoms with Crippen LogP contribution in [0.15, 0.2) is 24.3 Å². The maximum atomic E-state index is 12.7. The third-order valence-corrected chi connectivity index (χ3v) is 7.01. The number of thiophene rings is 1. The number of benzene rings is 1. The van der Waals surface area contributed by atoms with Gasteiger partial charge in [0.2, 0.25) is 0 Å². The third kappa shape index (κ3) is 3.24. The first-order chi connectivity index (χ1) is 13.2. The Labute approximate surface area is 161 Å². The van der Waals surface area contributed by atoms with Crippen molar-refractivity contribution in [1.29, 1.82) is 0 Å². The fourth-order valence-corrected chi connectivity index (χ4v) is 5.46. The molecular formula is C20H23N3O3S. The third-order valence-electron chi connectivity index (χ3n) is 5.90. The molecule has 2 amide bonds. The first-order valence-corrected chi connectivity index (χ1v) is 10.5. The van der Waals surface area contributed by atoms with Gasteiger partial charge in [0.05, 0.1) is 18.1 Å². The summed E-state index contributed by atoms with van der Waals surface area (Å²) in [4.78, 5) is 27.9. The largest absolute Gasteiger partial charge is 0.378 e. The number of rotatable bonds is 3. The number of amides is 2. The summed E-state index contributed by atoms with van der Waals surface area (Å²) in [6.07, 6.45) is 3.39. The van der Waals surface area contributed by atoms with Gasteiger partial charge >= 0.3 is 0 Å². The van der Waals surface area contributed by atoms with Gasteiger partial charge in [-0.15, -0.1) is 11.3 Å². The number of carbonyl (C=O) groups excluding carboxylic acids is 2. The predicted molar refractivity (Wildman–Crippen MR) is 104 cm³/mol. The molecule has 4 heterocycles. The van der Waals surface area contributed by atoms with E-state index in [0.717, 1.165) is 27.8 Å². The van der Waals surface area contributed by atoms with Crippen LogP contribution in [0.4, 0.5) is 0 Å². The lowest BCUT2D eigenvalue weighted by molar-refractivity contribution is 0.0306. The van der Waals surface area contributed by atoms with Gasteiger partial charge < -0.3 is 20.3 Å². The van der Waals surface area contributed by atoms with Crippen LogP contribution in [-0.2, 0) is 4.74 Å². The Hall–Kier alpha value is -1.96. The van der Waals surface area contributed by atoms with E-state index in [4.69, 9.17) is 4.74 Å². The molecule has 3 aliphatic heterocycles. The summed E-state index contributed by atoms with van der Waals surface area (Å²) in [5.74, 6) is 0.0297. The molecule has 142 valence electrons. The van der Waals surface area contributed by atoms with Gasteiger partial charge in [-0.1, -0.05) is 0 Å². The van der Waals surface area contributed by atoms with E-state index in [1.807, 2.05) is 29.2 Å². The van der Waals surface area contributed by atoms with Crippen LogP contribution in [0.5, 0.6) is 0 Å². The normalized spacial score (nSPS) is 27.3. The maximum absolute atomic E-state index is 12.7. The highest BCUT2D eigenvalue weighted by Crippen LogP contribution is 2.30. The monoisotopic (exact) mass is 385 g/mol. The molecule has 0 radical (unpaired) electrons. The maximum Gasteiger partial charge on any atom is 0.264 e. The Morgan fingerprint density at radius 2 is 2.04 bits per heavy atom. The molecule has 2 bridgehead atoms. The Morgan fingerprint density at radius 3 is 2.78 bits per heavy atom. The van der Waals surface area contributed by atoms with Gasteiger partial charge in [0, 0.05) is 41.5 Å². The molecule has 6 nitrogen and oxygen atoms in total. The van der Waals surface area contributed by atoms with E-state index in [1.165, 1.54) is 17.8 Å². The Morgan fingerprint density at radius 1 is 1.19 bits per heavy atom. The first kappa shape index (κ1) is 17.2. The Balaban J connectivity index is 1.32. The number of hydrogen-bond donors (Lipinski definition) is 2. The first-order valence-electron chi connectivity index (χ1n) is 9.65. The van der Waals surface area contributed by atoms with Crippen molar-refractivity contribution in [2.24, 2.45) is 0 Å². The fourth-order valence-electron chi connectivity index (χ4n) is 4.45. The standard InChI is InChI=1S/C20H23N3O3S/c24-19(22-16-11-14-2-3-15(16)21-14)12-1-4-17-13(9-12)10-18(27-17)20(25)23-5-7-26-8-6-23/h1,4,9-10,14-16,21H,2-3,5-8,11H2,(H,22,24)/t14-,15+,16-/m1/s1. The van der Waals surface area contributed by atoms with Crippen LogP contribution in [-0.4, -0.2) is 61.1 Å². The molecule has 0 aliphatic carbocycles. The lowest BCUT2D eigenvalue weighted by Gasteiger charge is -2.26. The number of carbonyl (C=O) groups is 2. The molecule has 3 atom stereocenters. The molecule has 3 aliphatic rings. The van der Waals surface area contributed by atoms with Crippen molar-refractivity contribution in [3.05, 3.63) is 34.7 Å². The van der Waals surface area contributed by atoms with Crippen molar-refractivity contribution in [3.63, 3.8) is 0 Å². The van der Waals surface area contributed by atoms with Gasteiger partial charge in [-0.3, -0.25) is 9.59 Å². The molecule has 27 heavy (non-hydrogen) atoms. The van der Waals surface area contributed by atoms with E-state index in [0.29, 0.717) is 44.0 Å². The van der Waals surface area contributed by atoms with Crippen molar-refractivity contribution in [2.45, 2.75) is 37.4 Å². The minimum atomic E-state index is -0.0245. The van der Waals surface area contributed by atoms with E-state index in [-0.39, 0.29) is 17.9 Å². The second kappa shape index (κ2) is 6.89. The van der Waals surface area contributed by atoms with Crippen molar-refractivity contribution < 1.29 is 14.3 Å². The number of morpholine rings is 1. The molecule has 0 saturated carbocycles. The minimum absolute atomic E-state index is 0.0245. The minimum Gasteiger partial charge on any atom is -0.378 e. The molecule has 1 aromatic carbocycles. The number of nitrogens with one attached hydrogen (secondary N) is 2. The van der Waals surface area contributed by atoms with Gasteiger partial charge in [0.1, 0.15) is 0 Å². The molecule has 0 unspecified atom stereocenters. The summed E-state index contributed by atoms with van der Waals surface area (Å²) in [6, 6.07) is 8.83. The number of nitrogens with zero attached hydrogens (tertiary/aromatic N) is 1. The van der Waals surface area contributed by atoms with Gasteiger partial charge in [-0.25, -0.2) is 0 Å². The van der Waals surface area contributed by atoms with Crippen molar-refractivity contribution >= 4 is 33.2 Å². The van der Waals surface area contributed by atoms with Crippen LogP contribution in [0.25, 0.3) is 10.1 Å². The zero-order chi connectivity index (χ0) is 18.4. The van der Waals surface area contributed by atoms with Crippen molar-refractivity contribution in [2.75, 3.05) is 26.3 Å². The number of fused-ring (bicyclic) bond motifs is 3. The summed E-state index contributed by atoms with van der Waals surface area (Å²) in [5.41, 5.74) is 0.661. The predicted octanol–water partition coefficient (Wildman–Crippen LogP) is 2.00. The summed E-state index contributed by atoms with van der Waals surface area (Å²) >= 11 is 1.49. The van der Waals surface area contributed by atoms with E-state index >= 15 is 0 Å². The molecular weight excluding hydrogens is 362 g/mol. The molecule has 5 rings (SSSR count). The Kier molecular flexibility index (Phi) is 4.38. The second-order valence-corrected chi connectivity index (χ2v) is 8.71.